The largest absolute Gasteiger partial charge is 0.347 e. The summed E-state index contributed by atoms with van der Waals surface area (Å²) in [5.74, 6) is -1.32. The number of imidazole rings is 1. The fourth-order valence-corrected chi connectivity index (χ4v) is 4.18. The Morgan fingerprint density at radius 3 is 2.52 bits per heavy atom. The maximum Gasteiger partial charge on any atom is 0.252 e. The molecule has 3 fully saturated rings. The molecule has 0 bridgehead atoms. The van der Waals surface area contributed by atoms with E-state index >= 15 is 0 Å². The van der Waals surface area contributed by atoms with Gasteiger partial charge in [0, 0.05) is 0 Å². The van der Waals surface area contributed by atoms with Crippen molar-refractivity contribution in [1.82, 2.24) is 15.3 Å². The van der Waals surface area contributed by atoms with E-state index in [1.54, 1.807) is 13.8 Å². The summed E-state index contributed by atoms with van der Waals surface area (Å²) in [5.41, 5.74) is 1.77. The third kappa shape index (κ3) is 3.43. The van der Waals surface area contributed by atoms with E-state index in [4.69, 9.17) is 23.7 Å². The summed E-state index contributed by atoms with van der Waals surface area (Å²) >= 11 is 0. The zero-order valence-corrected chi connectivity index (χ0v) is 16.8. The van der Waals surface area contributed by atoms with Crippen LogP contribution in [0.5, 0.6) is 0 Å². The molecule has 1 amide bonds. The number of benzene rings is 1. The Bertz CT molecular complexity index is 908. The van der Waals surface area contributed by atoms with Crippen LogP contribution in [0.1, 0.15) is 33.5 Å². The number of para-hydroxylation sites is 2. The van der Waals surface area contributed by atoms with Gasteiger partial charge in [-0.1, -0.05) is 12.1 Å². The Hall–Kier alpha value is -2.04. The number of amides is 1. The minimum absolute atomic E-state index is 0.242. The Morgan fingerprint density at radius 1 is 1.03 bits per heavy atom. The van der Waals surface area contributed by atoms with Crippen LogP contribution in [0.25, 0.3) is 11.0 Å². The third-order valence-electron chi connectivity index (χ3n) is 5.28. The molecule has 4 heterocycles. The van der Waals surface area contributed by atoms with Gasteiger partial charge >= 0.3 is 0 Å². The molecule has 5 rings (SSSR count). The van der Waals surface area contributed by atoms with Crippen molar-refractivity contribution in [2.24, 2.45) is 0 Å². The van der Waals surface area contributed by atoms with E-state index in [2.05, 4.69) is 15.3 Å². The lowest BCUT2D eigenvalue weighted by Gasteiger charge is -2.36. The molecule has 156 valence electrons. The molecule has 1 aromatic heterocycles. The quantitative estimate of drug-likeness (QED) is 0.802. The van der Waals surface area contributed by atoms with Gasteiger partial charge in [-0.25, -0.2) is 4.98 Å². The number of carbonyl (C=O) groups excluding carboxylic acids is 1. The van der Waals surface area contributed by atoms with Crippen LogP contribution in [-0.4, -0.2) is 58.2 Å². The number of nitrogens with zero attached hydrogens (tertiary/aromatic N) is 1. The van der Waals surface area contributed by atoms with E-state index in [1.165, 1.54) is 0 Å². The number of H-pyrrole nitrogens is 1. The summed E-state index contributed by atoms with van der Waals surface area (Å²) in [6, 6.07) is 7.70. The number of aromatic amines is 1. The molecule has 9 nitrogen and oxygen atoms in total. The zero-order valence-electron chi connectivity index (χ0n) is 16.8. The average Bonchev–Trinajstić information content (AvgIpc) is 3.29. The summed E-state index contributed by atoms with van der Waals surface area (Å²) in [6.07, 6.45) is -3.11. The number of hydrogen-bond donors (Lipinski definition) is 2. The molecule has 1 aromatic carbocycles. The van der Waals surface area contributed by atoms with Gasteiger partial charge in [-0.3, -0.25) is 4.79 Å². The van der Waals surface area contributed by atoms with Gasteiger partial charge in [0.25, 0.3) is 5.91 Å². The fourth-order valence-electron chi connectivity index (χ4n) is 4.18. The fraction of sp³-hybridized carbons (Fsp3) is 0.600. The molecule has 9 heteroatoms. The maximum absolute atomic E-state index is 13.0. The van der Waals surface area contributed by atoms with E-state index in [9.17, 15) is 4.79 Å². The van der Waals surface area contributed by atoms with Crippen molar-refractivity contribution in [2.45, 2.75) is 76.5 Å². The number of carbonyl (C=O) groups is 1. The first-order valence-corrected chi connectivity index (χ1v) is 9.79. The van der Waals surface area contributed by atoms with Gasteiger partial charge in [-0.15, -0.1) is 0 Å². The Morgan fingerprint density at radius 2 is 1.72 bits per heavy atom. The minimum atomic E-state index is -0.884. The summed E-state index contributed by atoms with van der Waals surface area (Å²) in [4.78, 5) is 20.7. The second-order valence-electron chi connectivity index (χ2n) is 8.51. The highest BCUT2D eigenvalue weighted by atomic mass is 16.9. The Balaban J connectivity index is 1.33. The first-order chi connectivity index (χ1) is 13.7. The first kappa shape index (κ1) is 19.0. The Labute approximate surface area is 168 Å². The molecule has 2 N–H and O–H groups in total. The van der Waals surface area contributed by atoms with Gasteiger partial charge in [0.1, 0.15) is 24.1 Å². The van der Waals surface area contributed by atoms with Crippen LogP contribution in [-0.2, 0) is 35.0 Å². The van der Waals surface area contributed by atoms with Gasteiger partial charge in [-0.2, -0.15) is 0 Å². The molecule has 0 aliphatic carbocycles. The van der Waals surface area contributed by atoms with E-state index in [0.29, 0.717) is 5.82 Å². The average molecular weight is 403 g/mol. The molecular formula is C20H25N3O6. The van der Waals surface area contributed by atoms with Crippen molar-refractivity contribution in [3.05, 3.63) is 30.1 Å². The second kappa shape index (κ2) is 6.48. The summed E-state index contributed by atoms with van der Waals surface area (Å²) in [5, 5.41) is 2.88. The molecule has 0 spiro atoms. The van der Waals surface area contributed by atoms with Gasteiger partial charge in [-0.05, 0) is 39.8 Å². The van der Waals surface area contributed by atoms with Gasteiger partial charge in [0.2, 0.25) is 0 Å². The van der Waals surface area contributed by atoms with E-state index < -0.39 is 42.3 Å². The molecule has 0 radical (unpaired) electrons. The predicted octanol–water partition coefficient (Wildman–Crippen LogP) is 1.58. The lowest BCUT2D eigenvalue weighted by atomic mass is 9.98. The monoisotopic (exact) mass is 403 g/mol. The molecule has 2 aromatic rings. The molecule has 5 atom stereocenters. The van der Waals surface area contributed by atoms with Crippen LogP contribution in [0.4, 0.5) is 0 Å². The lowest BCUT2D eigenvalue weighted by molar-refractivity contribution is -0.231. The zero-order chi connectivity index (χ0) is 20.4. The van der Waals surface area contributed by atoms with Crippen LogP contribution in [0.2, 0.25) is 0 Å². The normalized spacial score (nSPS) is 34.7. The molecule has 29 heavy (non-hydrogen) atoms. The number of nitrogens with one attached hydrogen (secondary N) is 2. The van der Waals surface area contributed by atoms with E-state index in [-0.39, 0.29) is 12.5 Å². The molecule has 0 saturated carbocycles. The molecule has 0 unspecified atom stereocenters. The highest BCUT2D eigenvalue weighted by molar-refractivity contribution is 5.82. The van der Waals surface area contributed by atoms with E-state index in [0.717, 1.165) is 11.0 Å². The molecule has 3 aliphatic rings. The second-order valence-corrected chi connectivity index (χ2v) is 8.51. The highest BCUT2D eigenvalue weighted by Gasteiger charge is 2.62. The number of rotatable bonds is 3. The highest BCUT2D eigenvalue weighted by Crippen LogP contribution is 2.44. The number of hydrogen-bond acceptors (Lipinski definition) is 7. The van der Waals surface area contributed by atoms with Crippen molar-refractivity contribution in [3.8, 4) is 0 Å². The topological polar surface area (TPSA) is 104 Å². The third-order valence-corrected chi connectivity index (χ3v) is 5.28. The van der Waals surface area contributed by atoms with Crippen molar-refractivity contribution in [2.75, 3.05) is 0 Å². The smallest absolute Gasteiger partial charge is 0.252 e. The minimum Gasteiger partial charge on any atom is -0.347 e. The van der Waals surface area contributed by atoms with Crippen LogP contribution >= 0.6 is 0 Å². The molecule has 3 aliphatic heterocycles. The number of fused-ring (bicyclic) bond motifs is 4. The van der Waals surface area contributed by atoms with Crippen LogP contribution in [0.3, 0.4) is 0 Å². The Kier molecular flexibility index (Phi) is 4.24. The summed E-state index contributed by atoms with van der Waals surface area (Å²) in [6.45, 7) is 7.48. The molecule has 3 saturated heterocycles. The van der Waals surface area contributed by atoms with Gasteiger partial charge < -0.3 is 34.0 Å². The number of ether oxygens (including phenoxy) is 5. The van der Waals surface area contributed by atoms with Crippen molar-refractivity contribution in [1.29, 1.82) is 0 Å². The first-order valence-electron chi connectivity index (χ1n) is 9.79. The van der Waals surface area contributed by atoms with Crippen molar-refractivity contribution in [3.63, 3.8) is 0 Å². The van der Waals surface area contributed by atoms with E-state index in [1.807, 2.05) is 38.1 Å². The van der Waals surface area contributed by atoms with Crippen LogP contribution < -0.4 is 5.32 Å². The van der Waals surface area contributed by atoms with Gasteiger partial charge in [0.05, 0.1) is 17.6 Å². The summed E-state index contributed by atoms with van der Waals surface area (Å²) < 4.78 is 29.8. The SMILES string of the molecule is CC1(C)O[C@@H]2O[C@H](C(=O)NCc3nc4ccccc4[nH]3)[C@@H]3OC(C)(C)O[C@@H]3[C@@H]2O1. The summed E-state index contributed by atoms with van der Waals surface area (Å²) in [7, 11) is 0. The lowest BCUT2D eigenvalue weighted by Crippen LogP contribution is -2.59. The number of aromatic nitrogens is 2. The van der Waals surface area contributed by atoms with Crippen LogP contribution in [0, 0.1) is 0 Å². The molecular weight excluding hydrogens is 378 g/mol. The van der Waals surface area contributed by atoms with Crippen molar-refractivity contribution < 1.29 is 28.5 Å². The predicted molar refractivity (Wildman–Crippen MR) is 100 cm³/mol. The van der Waals surface area contributed by atoms with Gasteiger partial charge in [0.15, 0.2) is 24.0 Å². The van der Waals surface area contributed by atoms with Crippen molar-refractivity contribution >= 4 is 16.9 Å². The van der Waals surface area contributed by atoms with Crippen LogP contribution in [0.15, 0.2) is 24.3 Å². The standard InChI is InChI=1S/C20H25N3O6/c1-19(2)26-13-14(27-19)16-18(29-20(3,4)28-16)25-15(13)17(24)21-9-12-22-10-7-5-6-8-11(10)23-12/h5-8,13-16,18H,9H2,1-4H3,(H,21,24)(H,22,23)/t13-,14+,15+,16+,18+/m1/s1. The maximum atomic E-state index is 13.0.